The van der Waals surface area contributed by atoms with Gasteiger partial charge in [-0.15, -0.1) is 0 Å². The molecule has 42 heavy (non-hydrogen) atoms. The molecule has 0 rings (SSSR count). The molecule has 6 heteroatoms. The summed E-state index contributed by atoms with van der Waals surface area (Å²) in [4.78, 5) is 20.6. The molecule has 0 fully saturated rings. The van der Waals surface area contributed by atoms with Gasteiger partial charge in [0.2, 0.25) is 0 Å². The van der Waals surface area contributed by atoms with Crippen LogP contribution in [0.25, 0.3) is 0 Å². The number of carboxylic acids is 2. The van der Waals surface area contributed by atoms with E-state index in [4.69, 9.17) is 13.5 Å². The van der Waals surface area contributed by atoms with Crippen molar-refractivity contribution < 1.29 is 43.5 Å². The molecule has 0 saturated heterocycles. The number of unbranched alkanes of at least 4 members (excludes halogenated alkanes) is 16. The average Bonchev–Trinajstić information content (AvgIpc) is 2.98. The normalized spacial score (nSPS) is 11.2. The van der Waals surface area contributed by atoms with Crippen LogP contribution in [-0.4, -0.2) is 22.2 Å². The molecule has 0 radical (unpaired) electrons. The van der Waals surface area contributed by atoms with E-state index in [9.17, 15) is 9.59 Å². The Balaban J connectivity index is -0.000000683. The molecule has 0 amide bonds. The molecule has 0 aliphatic rings. The molecule has 0 aromatic rings. The molecule has 0 atom stereocenters. The second kappa shape index (κ2) is 43.9. The van der Waals surface area contributed by atoms with Crippen LogP contribution in [0, 0.1) is 0 Å². The topological polar surface area (TPSA) is 91.7 Å². The zero-order valence-corrected chi connectivity index (χ0v) is 28.8. The minimum atomic E-state index is -0.671. The zero-order chi connectivity index (χ0) is 31.8. The number of aliphatic carboxylic acids is 2. The van der Waals surface area contributed by atoms with Gasteiger partial charge in [0.05, 0.1) is 0 Å². The molecule has 0 aliphatic heterocycles. The second-order valence-corrected chi connectivity index (χ2v) is 10.7. The van der Waals surface area contributed by atoms with Crippen LogP contribution < -0.4 is 0 Å². The Labute approximate surface area is 271 Å². The molecule has 0 saturated carbocycles. The summed E-state index contributed by atoms with van der Waals surface area (Å²) in [5.41, 5.74) is 0. The van der Waals surface area contributed by atoms with Gasteiger partial charge >= 0.3 is 35.7 Å². The predicted octanol–water partition coefficient (Wildman–Crippen LogP) is 11.6. The van der Waals surface area contributed by atoms with Gasteiger partial charge in [-0.2, -0.15) is 0 Å². The van der Waals surface area contributed by atoms with E-state index in [2.05, 4.69) is 62.5 Å². The Kier molecular flexibility index (Phi) is 46.8. The third-order valence-corrected chi connectivity index (χ3v) is 6.68. The van der Waals surface area contributed by atoms with E-state index in [-0.39, 0.29) is 0 Å². The first-order chi connectivity index (χ1) is 20.5. The van der Waals surface area contributed by atoms with E-state index in [1.54, 1.807) is 0 Å². The van der Waals surface area contributed by atoms with Crippen LogP contribution in [-0.2, 0) is 33.3 Å². The fraction of sp³-hybridized carbons (Fsp3) is 0.722. The number of rotatable bonds is 28. The van der Waals surface area contributed by atoms with Gasteiger partial charge in [-0.1, -0.05) is 127 Å². The molecule has 0 unspecified atom stereocenters. The Morgan fingerprint density at radius 2 is 0.690 bits per heavy atom. The first kappa shape index (κ1) is 44.9. The summed E-state index contributed by atoms with van der Waals surface area (Å²) in [6, 6.07) is 0. The summed E-state index contributed by atoms with van der Waals surface area (Å²) in [5.74, 6) is -1.34. The Morgan fingerprint density at radius 1 is 0.429 bits per heavy atom. The Hall–Kier alpha value is -1.59. The van der Waals surface area contributed by atoms with Crippen molar-refractivity contribution in [3.8, 4) is 0 Å². The van der Waals surface area contributed by atoms with E-state index < -0.39 is 11.9 Å². The molecule has 0 spiro atoms. The van der Waals surface area contributed by atoms with Crippen molar-refractivity contribution in [3.63, 3.8) is 0 Å². The molecular weight excluding hydrogens is 560 g/mol. The van der Waals surface area contributed by atoms with Gasteiger partial charge in [-0.25, -0.2) is 0 Å². The van der Waals surface area contributed by atoms with Gasteiger partial charge in [-0.05, 0) is 77.0 Å². The van der Waals surface area contributed by atoms with Gasteiger partial charge in [0, 0.05) is 12.8 Å². The van der Waals surface area contributed by atoms with Gasteiger partial charge in [-0.3, -0.25) is 9.59 Å². The van der Waals surface area contributed by atoms with Crippen molar-refractivity contribution in [1.82, 2.24) is 0 Å². The first-order valence-electron chi connectivity index (χ1n) is 16.8. The van der Waals surface area contributed by atoms with Crippen LogP contribution in [0.15, 0.2) is 48.6 Å². The first-order valence-corrected chi connectivity index (χ1v) is 17.4. The van der Waals surface area contributed by atoms with Crippen molar-refractivity contribution in [1.29, 1.82) is 0 Å². The molecule has 0 bridgehead atoms. The van der Waals surface area contributed by atoms with E-state index in [0.29, 0.717) is 12.8 Å². The number of hydrogen-bond donors (Lipinski definition) is 2. The molecule has 2 N–H and O–H groups in total. The third-order valence-electron chi connectivity index (χ3n) is 6.68. The maximum atomic E-state index is 10.3. The van der Waals surface area contributed by atoms with Crippen LogP contribution in [0.1, 0.15) is 168 Å². The maximum absolute atomic E-state index is 10.3. The SMILES string of the molecule is CCCCC/C=C\C/C=C\CCCCCCCC(=O)O.CCCCC/C=C\C/C=C\CCCCCCCC(=O)O.[O]=[Ti]. The third kappa shape index (κ3) is 51.2. The van der Waals surface area contributed by atoms with Gasteiger partial charge in [0.25, 0.3) is 0 Å². The fourth-order valence-electron chi connectivity index (χ4n) is 4.18. The Morgan fingerprint density at radius 3 is 0.976 bits per heavy atom. The molecule has 0 aromatic heterocycles. The van der Waals surface area contributed by atoms with Crippen LogP contribution in [0.5, 0.6) is 0 Å². The van der Waals surface area contributed by atoms with E-state index in [1.165, 1.54) is 89.9 Å². The molecule has 0 heterocycles. The molecular formula is C36H64O5Ti. The summed E-state index contributed by atoms with van der Waals surface area (Å²) in [6.07, 6.45) is 44.6. The second-order valence-electron chi connectivity index (χ2n) is 10.7. The van der Waals surface area contributed by atoms with Crippen LogP contribution >= 0.6 is 0 Å². The van der Waals surface area contributed by atoms with Gasteiger partial charge in [0.1, 0.15) is 0 Å². The number of carbonyl (C=O) groups is 2. The standard InChI is InChI=1S/2C18H32O2.O.Ti/c2*1-2-3-4-5-6-7-8-9-10-11-12-13-14-15-16-17-18(19)20;;/h2*6-7,9-10H,2-5,8,11-17H2,1H3,(H,19,20);;/b2*7-6-,10-9-;;. The summed E-state index contributed by atoms with van der Waals surface area (Å²) >= 11 is 0.750. The summed E-state index contributed by atoms with van der Waals surface area (Å²) in [5, 5.41) is 17.0. The zero-order valence-electron chi connectivity index (χ0n) is 27.2. The van der Waals surface area contributed by atoms with Crippen LogP contribution in [0.3, 0.4) is 0 Å². The average molecular weight is 625 g/mol. The monoisotopic (exact) mass is 624 g/mol. The van der Waals surface area contributed by atoms with Crippen molar-refractivity contribution in [2.45, 2.75) is 168 Å². The summed E-state index contributed by atoms with van der Waals surface area (Å²) in [7, 11) is 0. The Bertz CT molecular complexity index is 614. The predicted molar refractivity (Wildman–Crippen MR) is 175 cm³/mol. The quantitative estimate of drug-likeness (QED) is 0.0513. The van der Waals surface area contributed by atoms with Crippen LogP contribution in [0.4, 0.5) is 0 Å². The van der Waals surface area contributed by atoms with E-state index >= 15 is 0 Å². The molecule has 242 valence electrons. The van der Waals surface area contributed by atoms with E-state index in [1.807, 2.05) is 0 Å². The minimum absolute atomic E-state index is 0.324. The number of carboxylic acid groups (broad SMARTS) is 2. The summed E-state index contributed by atoms with van der Waals surface area (Å²) in [6.45, 7) is 4.47. The van der Waals surface area contributed by atoms with E-state index in [0.717, 1.165) is 71.8 Å². The molecule has 5 nitrogen and oxygen atoms in total. The van der Waals surface area contributed by atoms with Gasteiger partial charge in [0.15, 0.2) is 0 Å². The van der Waals surface area contributed by atoms with Crippen molar-refractivity contribution in [2.75, 3.05) is 0 Å². The van der Waals surface area contributed by atoms with Gasteiger partial charge < -0.3 is 10.2 Å². The van der Waals surface area contributed by atoms with Crippen molar-refractivity contribution in [3.05, 3.63) is 48.6 Å². The summed E-state index contributed by atoms with van der Waals surface area (Å²) < 4.78 is 8.25. The van der Waals surface area contributed by atoms with Crippen molar-refractivity contribution >= 4 is 11.9 Å². The van der Waals surface area contributed by atoms with Crippen LogP contribution in [0.2, 0.25) is 0 Å². The fourth-order valence-corrected chi connectivity index (χ4v) is 4.18. The molecule has 0 aliphatic carbocycles. The van der Waals surface area contributed by atoms with Crippen molar-refractivity contribution in [2.24, 2.45) is 0 Å². The number of hydrogen-bond acceptors (Lipinski definition) is 3. The molecule has 0 aromatic carbocycles. The number of allylic oxidation sites excluding steroid dienone is 8.